The molecule has 0 aliphatic carbocycles. The van der Waals surface area contributed by atoms with Gasteiger partial charge in [-0.2, -0.15) is 0 Å². The third-order valence-corrected chi connectivity index (χ3v) is 6.14. The van der Waals surface area contributed by atoms with Gasteiger partial charge in [0.15, 0.2) is 0 Å². The van der Waals surface area contributed by atoms with Crippen LogP contribution in [-0.4, -0.2) is 0 Å². The van der Waals surface area contributed by atoms with Crippen molar-refractivity contribution in [3.05, 3.63) is 107 Å². The molecule has 0 nitrogen and oxygen atoms in total. The Morgan fingerprint density at radius 3 is 2.06 bits per heavy atom. The molecule has 0 bridgehead atoms. The Kier molecular flexibility index (Phi) is 7.59. The van der Waals surface area contributed by atoms with E-state index < -0.39 is 0 Å². The van der Waals surface area contributed by atoms with Crippen molar-refractivity contribution in [2.45, 2.75) is 52.4 Å². The molecule has 166 valence electrons. The SMILES string of the molecule is CCCCCc1ccc(C#Cc2ccc3cc(-c4ccc(CCC)cc4)ccc3c2F)cc1. The van der Waals surface area contributed by atoms with Crippen LogP contribution < -0.4 is 0 Å². The van der Waals surface area contributed by atoms with Gasteiger partial charge in [0.1, 0.15) is 5.82 Å². The molecule has 0 atom stereocenters. The summed E-state index contributed by atoms with van der Waals surface area (Å²) in [6, 6.07) is 26.7. The van der Waals surface area contributed by atoms with E-state index in [0.717, 1.165) is 41.3 Å². The molecule has 0 unspecified atom stereocenters. The maximum atomic E-state index is 15.2. The summed E-state index contributed by atoms with van der Waals surface area (Å²) in [5.41, 5.74) is 6.29. The molecule has 4 aromatic rings. The van der Waals surface area contributed by atoms with E-state index in [1.807, 2.05) is 30.3 Å². The van der Waals surface area contributed by atoms with Crippen molar-refractivity contribution in [2.75, 3.05) is 0 Å². The van der Waals surface area contributed by atoms with Crippen molar-refractivity contribution in [2.24, 2.45) is 0 Å². The fourth-order valence-corrected chi connectivity index (χ4v) is 4.19. The van der Waals surface area contributed by atoms with Crippen LogP contribution in [0.15, 0.2) is 78.9 Å². The van der Waals surface area contributed by atoms with Gasteiger partial charge in [-0.3, -0.25) is 0 Å². The summed E-state index contributed by atoms with van der Waals surface area (Å²) >= 11 is 0. The standard InChI is InChI=1S/C32H31F/c1-3-5-6-8-25-9-11-26(12-10-25)15-18-28-19-20-30-23-29(21-22-31(30)32(28)33)27-16-13-24(7-4-2)14-17-27/h9-14,16-17,19-23H,3-8H2,1-2H3. The van der Waals surface area contributed by atoms with Gasteiger partial charge in [-0.25, -0.2) is 4.39 Å². The van der Waals surface area contributed by atoms with Crippen LogP contribution in [0.4, 0.5) is 4.39 Å². The van der Waals surface area contributed by atoms with Crippen LogP contribution in [-0.2, 0) is 12.8 Å². The number of hydrogen-bond donors (Lipinski definition) is 0. The summed E-state index contributed by atoms with van der Waals surface area (Å²) in [7, 11) is 0. The van der Waals surface area contributed by atoms with E-state index in [1.165, 1.54) is 30.4 Å². The average Bonchev–Trinajstić information content (AvgIpc) is 2.85. The highest BCUT2D eigenvalue weighted by Crippen LogP contribution is 2.28. The minimum Gasteiger partial charge on any atom is -0.205 e. The predicted octanol–water partition coefficient (Wildman–Crippen LogP) is 8.73. The van der Waals surface area contributed by atoms with Crippen LogP contribution in [0, 0.1) is 17.7 Å². The highest BCUT2D eigenvalue weighted by atomic mass is 19.1. The minimum atomic E-state index is -0.249. The minimum absolute atomic E-state index is 0.249. The first-order valence-electron chi connectivity index (χ1n) is 12.1. The van der Waals surface area contributed by atoms with Crippen molar-refractivity contribution >= 4 is 10.8 Å². The molecule has 0 N–H and O–H groups in total. The average molecular weight is 435 g/mol. The van der Waals surface area contributed by atoms with Gasteiger partial charge in [0.25, 0.3) is 0 Å². The van der Waals surface area contributed by atoms with E-state index in [2.05, 4.69) is 68.2 Å². The van der Waals surface area contributed by atoms with Crippen molar-refractivity contribution in [1.29, 1.82) is 0 Å². The van der Waals surface area contributed by atoms with Crippen LogP contribution in [0.3, 0.4) is 0 Å². The van der Waals surface area contributed by atoms with Gasteiger partial charge < -0.3 is 0 Å². The summed E-state index contributed by atoms with van der Waals surface area (Å²) < 4.78 is 15.2. The van der Waals surface area contributed by atoms with Crippen LogP contribution in [0.5, 0.6) is 0 Å². The van der Waals surface area contributed by atoms with Gasteiger partial charge in [0, 0.05) is 10.9 Å². The fourth-order valence-electron chi connectivity index (χ4n) is 4.19. The third kappa shape index (κ3) is 5.71. The van der Waals surface area contributed by atoms with Crippen LogP contribution >= 0.6 is 0 Å². The molecular weight excluding hydrogens is 403 g/mol. The second kappa shape index (κ2) is 11.0. The van der Waals surface area contributed by atoms with Crippen molar-refractivity contribution < 1.29 is 4.39 Å². The second-order valence-electron chi connectivity index (χ2n) is 8.71. The molecule has 0 saturated heterocycles. The van der Waals surface area contributed by atoms with E-state index in [1.54, 1.807) is 6.07 Å². The van der Waals surface area contributed by atoms with E-state index in [9.17, 15) is 0 Å². The molecule has 0 aliphatic rings. The lowest BCUT2D eigenvalue weighted by Crippen LogP contribution is -1.89. The maximum Gasteiger partial charge on any atom is 0.146 e. The van der Waals surface area contributed by atoms with Crippen molar-refractivity contribution in [3.63, 3.8) is 0 Å². The van der Waals surface area contributed by atoms with Gasteiger partial charge in [0.05, 0.1) is 5.56 Å². The van der Waals surface area contributed by atoms with Gasteiger partial charge in [-0.05, 0) is 71.2 Å². The number of unbranched alkanes of at least 4 members (excludes halogenated alkanes) is 2. The Morgan fingerprint density at radius 2 is 1.33 bits per heavy atom. The van der Waals surface area contributed by atoms with Gasteiger partial charge in [-0.15, -0.1) is 0 Å². The Balaban J connectivity index is 1.53. The van der Waals surface area contributed by atoms with Crippen molar-refractivity contribution in [1.82, 2.24) is 0 Å². The van der Waals surface area contributed by atoms with Crippen LogP contribution in [0.1, 0.15) is 61.8 Å². The summed E-state index contributed by atoms with van der Waals surface area (Å²) in [5.74, 6) is 5.91. The molecule has 1 heteroatoms. The molecule has 0 aliphatic heterocycles. The topological polar surface area (TPSA) is 0 Å². The smallest absolute Gasteiger partial charge is 0.146 e. The molecule has 33 heavy (non-hydrogen) atoms. The zero-order chi connectivity index (χ0) is 23.0. The molecule has 0 spiro atoms. The lowest BCUT2D eigenvalue weighted by molar-refractivity contribution is 0.636. The summed E-state index contributed by atoms with van der Waals surface area (Å²) in [6.45, 7) is 4.41. The lowest BCUT2D eigenvalue weighted by Gasteiger charge is -2.07. The molecule has 0 amide bonds. The molecule has 4 aromatic carbocycles. The first-order valence-corrected chi connectivity index (χ1v) is 12.1. The number of aryl methyl sites for hydroxylation is 2. The normalized spacial score (nSPS) is 10.8. The number of fused-ring (bicyclic) bond motifs is 1. The molecular formula is C32H31F. The molecule has 0 heterocycles. The zero-order valence-electron chi connectivity index (χ0n) is 19.6. The second-order valence-corrected chi connectivity index (χ2v) is 8.71. The van der Waals surface area contributed by atoms with Crippen LogP contribution in [0.2, 0.25) is 0 Å². The third-order valence-electron chi connectivity index (χ3n) is 6.14. The van der Waals surface area contributed by atoms with E-state index in [-0.39, 0.29) is 5.82 Å². The van der Waals surface area contributed by atoms with Gasteiger partial charge in [0.2, 0.25) is 0 Å². The van der Waals surface area contributed by atoms with Crippen LogP contribution in [0.25, 0.3) is 21.9 Å². The molecule has 0 fully saturated rings. The monoisotopic (exact) mass is 434 g/mol. The predicted molar refractivity (Wildman–Crippen MR) is 139 cm³/mol. The molecule has 0 saturated carbocycles. The Morgan fingerprint density at radius 1 is 0.636 bits per heavy atom. The number of halogens is 1. The molecule has 0 radical (unpaired) electrons. The van der Waals surface area contributed by atoms with E-state index >= 15 is 4.39 Å². The Bertz CT molecular complexity index is 1270. The van der Waals surface area contributed by atoms with E-state index in [0.29, 0.717) is 10.9 Å². The summed E-state index contributed by atoms with van der Waals surface area (Å²) in [6.07, 6.45) is 7.05. The maximum absolute atomic E-state index is 15.2. The zero-order valence-corrected chi connectivity index (χ0v) is 19.6. The number of rotatable bonds is 7. The summed E-state index contributed by atoms with van der Waals surface area (Å²) in [4.78, 5) is 0. The first kappa shape index (κ1) is 22.8. The molecule has 0 aromatic heterocycles. The number of hydrogen-bond acceptors (Lipinski definition) is 0. The Labute approximate surface area is 197 Å². The number of benzene rings is 4. The van der Waals surface area contributed by atoms with Gasteiger partial charge in [-0.1, -0.05) is 99.5 Å². The quantitative estimate of drug-likeness (QED) is 0.201. The summed E-state index contributed by atoms with van der Waals surface area (Å²) in [5, 5.41) is 1.50. The van der Waals surface area contributed by atoms with E-state index in [4.69, 9.17) is 0 Å². The highest BCUT2D eigenvalue weighted by Gasteiger charge is 2.08. The lowest BCUT2D eigenvalue weighted by atomic mass is 9.98. The fraction of sp³-hybridized carbons (Fsp3) is 0.250. The highest BCUT2D eigenvalue weighted by molar-refractivity contribution is 5.89. The van der Waals surface area contributed by atoms with Crippen molar-refractivity contribution in [3.8, 4) is 23.0 Å². The largest absolute Gasteiger partial charge is 0.205 e. The van der Waals surface area contributed by atoms with Gasteiger partial charge >= 0.3 is 0 Å². The molecule has 4 rings (SSSR count). The first-order chi connectivity index (χ1) is 16.2. The Hall–Kier alpha value is -3.37.